The van der Waals surface area contributed by atoms with E-state index in [0.717, 1.165) is 29.1 Å². The number of hydrogen-bond donors (Lipinski definition) is 1. The Morgan fingerprint density at radius 3 is 2.78 bits per heavy atom. The molecule has 166 valence electrons. The van der Waals surface area contributed by atoms with Gasteiger partial charge in [-0.2, -0.15) is 0 Å². The number of halogens is 1. The Morgan fingerprint density at radius 1 is 1.19 bits per heavy atom. The summed E-state index contributed by atoms with van der Waals surface area (Å²) in [6.45, 7) is 0.916. The van der Waals surface area contributed by atoms with Crippen LogP contribution in [-0.2, 0) is 10.0 Å². The van der Waals surface area contributed by atoms with E-state index in [9.17, 15) is 12.8 Å². The van der Waals surface area contributed by atoms with Gasteiger partial charge in [-0.25, -0.2) is 32.1 Å². The Labute approximate surface area is 188 Å². The van der Waals surface area contributed by atoms with Crippen LogP contribution in [0.15, 0.2) is 48.1 Å². The number of nitrogens with one attached hydrogen (secondary N) is 1. The number of thiazole rings is 1. The molecule has 0 radical (unpaired) electrons. The molecule has 0 spiro atoms. The first-order valence-corrected chi connectivity index (χ1v) is 12.9. The van der Waals surface area contributed by atoms with E-state index in [0.29, 0.717) is 30.4 Å². The predicted molar refractivity (Wildman–Crippen MR) is 123 cm³/mol. The number of fused-ring (bicyclic) bond motifs is 1. The van der Waals surface area contributed by atoms with Crippen LogP contribution in [0.25, 0.3) is 27.6 Å². The number of sulfonamides is 1. The highest BCUT2D eigenvalue weighted by molar-refractivity contribution is 7.88. The van der Waals surface area contributed by atoms with Gasteiger partial charge in [0.25, 0.3) is 0 Å². The molecule has 0 aliphatic carbocycles. The zero-order valence-electron chi connectivity index (χ0n) is 17.3. The molecule has 1 N–H and O–H groups in total. The molecule has 1 saturated heterocycles. The van der Waals surface area contributed by atoms with Crippen molar-refractivity contribution in [1.29, 1.82) is 0 Å². The number of benzene rings is 1. The van der Waals surface area contributed by atoms with Gasteiger partial charge in [0.1, 0.15) is 11.5 Å². The summed E-state index contributed by atoms with van der Waals surface area (Å²) in [5, 5.41) is 5.24. The molecule has 4 heterocycles. The van der Waals surface area contributed by atoms with Gasteiger partial charge in [0, 0.05) is 42.5 Å². The molecule has 1 atom stereocenters. The molecular formula is C21H21FN6O2S2. The van der Waals surface area contributed by atoms with E-state index in [4.69, 9.17) is 9.97 Å². The number of imidazole rings is 1. The van der Waals surface area contributed by atoms with Crippen LogP contribution in [-0.4, -0.2) is 57.5 Å². The normalized spacial score (nSPS) is 17.6. The molecule has 3 aromatic heterocycles. The van der Waals surface area contributed by atoms with E-state index in [1.165, 1.54) is 34.0 Å². The van der Waals surface area contributed by atoms with Gasteiger partial charge in [-0.05, 0) is 43.2 Å². The van der Waals surface area contributed by atoms with Crippen molar-refractivity contribution >= 4 is 32.3 Å². The average Bonchev–Trinajstić information content (AvgIpc) is 3.35. The molecular weight excluding hydrogens is 451 g/mol. The van der Waals surface area contributed by atoms with Crippen molar-refractivity contribution in [1.82, 2.24) is 23.7 Å². The summed E-state index contributed by atoms with van der Waals surface area (Å²) < 4.78 is 40.7. The van der Waals surface area contributed by atoms with Crippen molar-refractivity contribution in [3.63, 3.8) is 0 Å². The summed E-state index contributed by atoms with van der Waals surface area (Å²) >= 11 is 1.51. The molecule has 1 aliphatic rings. The molecule has 5 rings (SSSR count). The number of hydrogen-bond acceptors (Lipinski definition) is 7. The quantitative estimate of drug-likeness (QED) is 0.478. The summed E-state index contributed by atoms with van der Waals surface area (Å²) in [5.41, 5.74) is 2.96. The number of rotatable bonds is 5. The smallest absolute Gasteiger partial charge is 0.223 e. The van der Waals surface area contributed by atoms with Crippen molar-refractivity contribution in [2.45, 2.75) is 18.9 Å². The van der Waals surface area contributed by atoms with Gasteiger partial charge in [-0.3, -0.25) is 4.40 Å². The standard InChI is InChI=1S/C21H21FN6O2S2/c1-32(29,30)27-10-2-3-16(13-27)24-20-23-9-8-17(25-20)19-18(14-4-6-15(22)7-5-14)26-21-28(19)11-12-31-21/h4-9,11-12,16H,2-3,10,13H2,1H3,(H,23,24,25). The third-order valence-electron chi connectivity index (χ3n) is 5.46. The Hall–Kier alpha value is -2.89. The van der Waals surface area contributed by atoms with E-state index < -0.39 is 10.0 Å². The molecule has 0 amide bonds. The first-order chi connectivity index (χ1) is 15.4. The largest absolute Gasteiger partial charge is 0.350 e. The van der Waals surface area contributed by atoms with Crippen LogP contribution in [0.4, 0.5) is 10.3 Å². The van der Waals surface area contributed by atoms with Gasteiger partial charge in [0.05, 0.1) is 17.6 Å². The zero-order chi connectivity index (χ0) is 22.3. The third-order valence-corrected chi connectivity index (χ3v) is 7.49. The summed E-state index contributed by atoms with van der Waals surface area (Å²) in [6, 6.07) is 7.97. The van der Waals surface area contributed by atoms with E-state index >= 15 is 0 Å². The van der Waals surface area contributed by atoms with Gasteiger partial charge in [-0.1, -0.05) is 0 Å². The van der Waals surface area contributed by atoms with Crippen molar-refractivity contribution in [2.24, 2.45) is 0 Å². The molecule has 32 heavy (non-hydrogen) atoms. The van der Waals surface area contributed by atoms with Gasteiger partial charge < -0.3 is 5.32 Å². The van der Waals surface area contributed by atoms with Crippen LogP contribution in [0.3, 0.4) is 0 Å². The molecule has 1 aliphatic heterocycles. The highest BCUT2D eigenvalue weighted by atomic mass is 32.2. The minimum absolute atomic E-state index is 0.0723. The monoisotopic (exact) mass is 472 g/mol. The van der Waals surface area contributed by atoms with E-state index in [1.807, 2.05) is 22.0 Å². The Bertz CT molecular complexity index is 1370. The number of piperidine rings is 1. The van der Waals surface area contributed by atoms with Crippen molar-refractivity contribution in [3.05, 3.63) is 53.9 Å². The molecule has 1 fully saturated rings. The van der Waals surface area contributed by atoms with Gasteiger partial charge in [0.15, 0.2) is 4.96 Å². The third kappa shape index (κ3) is 4.10. The van der Waals surface area contributed by atoms with Gasteiger partial charge >= 0.3 is 0 Å². The molecule has 8 nitrogen and oxygen atoms in total. The lowest BCUT2D eigenvalue weighted by Gasteiger charge is -2.31. The molecule has 0 bridgehead atoms. The van der Waals surface area contributed by atoms with Crippen LogP contribution >= 0.6 is 11.3 Å². The number of anilines is 1. The highest BCUT2D eigenvalue weighted by Crippen LogP contribution is 2.33. The van der Waals surface area contributed by atoms with E-state index in [1.54, 1.807) is 18.3 Å². The van der Waals surface area contributed by atoms with Gasteiger partial charge in [-0.15, -0.1) is 11.3 Å². The van der Waals surface area contributed by atoms with Crippen molar-refractivity contribution in [3.8, 4) is 22.6 Å². The summed E-state index contributed by atoms with van der Waals surface area (Å²) in [5.74, 6) is 0.124. The van der Waals surface area contributed by atoms with Crippen LogP contribution in [0.5, 0.6) is 0 Å². The van der Waals surface area contributed by atoms with Crippen molar-refractivity contribution in [2.75, 3.05) is 24.7 Å². The maximum absolute atomic E-state index is 13.5. The van der Waals surface area contributed by atoms with Crippen LogP contribution < -0.4 is 5.32 Å². The molecule has 1 unspecified atom stereocenters. The van der Waals surface area contributed by atoms with Crippen LogP contribution in [0.2, 0.25) is 0 Å². The molecule has 11 heteroatoms. The lowest BCUT2D eigenvalue weighted by molar-refractivity contribution is 0.328. The Morgan fingerprint density at radius 2 is 2.00 bits per heavy atom. The Balaban J connectivity index is 1.49. The lowest BCUT2D eigenvalue weighted by atomic mass is 10.1. The summed E-state index contributed by atoms with van der Waals surface area (Å²) in [4.78, 5) is 14.6. The second-order valence-corrected chi connectivity index (χ2v) is 10.6. The van der Waals surface area contributed by atoms with E-state index in [2.05, 4.69) is 10.3 Å². The SMILES string of the molecule is CS(=O)(=O)N1CCCC(Nc2nccc(-c3c(-c4ccc(F)cc4)nc4sccn34)n2)C1. The predicted octanol–water partition coefficient (Wildman–Crippen LogP) is 3.49. The second-order valence-electron chi connectivity index (χ2n) is 7.74. The highest BCUT2D eigenvalue weighted by Gasteiger charge is 2.26. The maximum atomic E-state index is 13.5. The van der Waals surface area contributed by atoms with Gasteiger partial charge in [0.2, 0.25) is 16.0 Å². The topological polar surface area (TPSA) is 92.5 Å². The summed E-state index contributed by atoms with van der Waals surface area (Å²) in [6.07, 6.45) is 6.44. The minimum Gasteiger partial charge on any atom is -0.350 e. The number of nitrogens with zero attached hydrogens (tertiary/aromatic N) is 5. The fourth-order valence-electron chi connectivity index (χ4n) is 3.94. The number of aromatic nitrogens is 4. The van der Waals surface area contributed by atoms with E-state index in [-0.39, 0.29) is 11.9 Å². The first kappa shape index (κ1) is 21.0. The fraction of sp³-hybridized carbons (Fsp3) is 0.286. The minimum atomic E-state index is -3.24. The molecule has 1 aromatic carbocycles. The average molecular weight is 473 g/mol. The van der Waals surface area contributed by atoms with Crippen LogP contribution in [0, 0.1) is 5.82 Å². The fourth-order valence-corrected chi connectivity index (χ4v) is 5.57. The summed E-state index contributed by atoms with van der Waals surface area (Å²) in [7, 11) is -3.24. The second kappa shape index (κ2) is 8.23. The maximum Gasteiger partial charge on any atom is 0.223 e. The molecule has 0 saturated carbocycles. The van der Waals surface area contributed by atoms with Crippen LogP contribution in [0.1, 0.15) is 12.8 Å². The lowest BCUT2D eigenvalue weighted by Crippen LogP contribution is -2.44. The molecule has 4 aromatic rings. The van der Waals surface area contributed by atoms with Crippen molar-refractivity contribution < 1.29 is 12.8 Å². The first-order valence-electron chi connectivity index (χ1n) is 10.1. The zero-order valence-corrected chi connectivity index (χ0v) is 18.9. The Kier molecular flexibility index (Phi) is 5.39.